The number of benzene rings is 2. The van der Waals surface area contributed by atoms with Crippen LogP contribution in [-0.4, -0.2) is 44.3 Å². The lowest BCUT2D eigenvalue weighted by Crippen LogP contribution is -2.28. The maximum atomic E-state index is 12.6. The number of nitrogens with zero attached hydrogens (tertiary/aromatic N) is 1. The summed E-state index contributed by atoms with van der Waals surface area (Å²) in [7, 11) is -3.58. The van der Waals surface area contributed by atoms with Crippen molar-refractivity contribution in [2.24, 2.45) is 0 Å². The minimum Gasteiger partial charge on any atom is -0.455 e. The summed E-state index contributed by atoms with van der Waals surface area (Å²) in [5, 5.41) is 3.00. The van der Waals surface area contributed by atoms with E-state index >= 15 is 0 Å². The van der Waals surface area contributed by atoms with Gasteiger partial charge in [-0.15, -0.1) is 0 Å². The van der Waals surface area contributed by atoms with Crippen molar-refractivity contribution in [3.05, 3.63) is 59.1 Å². The van der Waals surface area contributed by atoms with E-state index in [0.29, 0.717) is 29.4 Å². The molecule has 2 aromatic carbocycles. The molecule has 1 aliphatic rings. The third-order valence-corrected chi connectivity index (χ3v) is 6.74. The highest BCUT2D eigenvalue weighted by Crippen LogP contribution is 2.23. The molecule has 1 amide bonds. The first-order valence-corrected chi connectivity index (χ1v) is 11.0. The molecule has 0 aromatic heterocycles. The normalized spacial score (nSPS) is 14.5. The van der Waals surface area contributed by atoms with Crippen LogP contribution in [0, 0.1) is 0 Å². The molecule has 0 aliphatic carbocycles. The second-order valence-corrected chi connectivity index (χ2v) is 8.96. The highest BCUT2D eigenvalue weighted by Gasteiger charge is 2.27. The molecule has 0 unspecified atom stereocenters. The Morgan fingerprint density at radius 3 is 2.52 bits per heavy atom. The van der Waals surface area contributed by atoms with Crippen LogP contribution >= 0.6 is 11.6 Å². The van der Waals surface area contributed by atoms with E-state index in [0.717, 1.165) is 12.8 Å². The molecule has 3 rings (SSSR count). The van der Waals surface area contributed by atoms with Gasteiger partial charge in [-0.2, -0.15) is 4.31 Å². The number of nitrogens with one attached hydrogen (secondary N) is 1. The molecule has 0 atom stereocenters. The number of esters is 1. The first-order valence-electron chi connectivity index (χ1n) is 9.15. The van der Waals surface area contributed by atoms with Gasteiger partial charge in [0, 0.05) is 23.8 Å². The van der Waals surface area contributed by atoms with Crippen LogP contribution in [0.2, 0.25) is 5.02 Å². The zero-order chi connectivity index (χ0) is 20.9. The van der Waals surface area contributed by atoms with Gasteiger partial charge in [0.2, 0.25) is 10.0 Å². The number of sulfonamides is 1. The molecule has 1 N–H and O–H groups in total. The largest absolute Gasteiger partial charge is 0.455 e. The van der Waals surface area contributed by atoms with E-state index in [4.69, 9.17) is 16.3 Å². The highest BCUT2D eigenvalue weighted by atomic mass is 35.5. The van der Waals surface area contributed by atoms with Gasteiger partial charge in [-0.3, -0.25) is 9.59 Å². The van der Waals surface area contributed by atoms with Crippen LogP contribution in [-0.2, 0) is 30.8 Å². The van der Waals surface area contributed by atoms with Gasteiger partial charge in [0.15, 0.2) is 6.61 Å². The number of carbonyl (C=O) groups is 2. The molecule has 1 aliphatic heterocycles. The van der Waals surface area contributed by atoms with Crippen molar-refractivity contribution in [2.75, 3.05) is 25.0 Å². The Labute approximate surface area is 174 Å². The van der Waals surface area contributed by atoms with E-state index in [-0.39, 0.29) is 11.3 Å². The van der Waals surface area contributed by atoms with Crippen LogP contribution in [0.1, 0.15) is 18.4 Å². The maximum absolute atomic E-state index is 12.6. The fourth-order valence-corrected chi connectivity index (χ4v) is 4.77. The molecule has 2 aromatic rings. The van der Waals surface area contributed by atoms with Gasteiger partial charge in [0.1, 0.15) is 0 Å². The fourth-order valence-electron chi connectivity index (χ4n) is 3.00. The van der Waals surface area contributed by atoms with E-state index in [1.54, 1.807) is 36.4 Å². The second-order valence-electron chi connectivity index (χ2n) is 6.62. The minimum absolute atomic E-state index is 0.0451. The van der Waals surface area contributed by atoms with Gasteiger partial charge in [-0.1, -0.05) is 35.9 Å². The van der Waals surface area contributed by atoms with Crippen molar-refractivity contribution in [1.82, 2.24) is 4.31 Å². The zero-order valence-corrected chi connectivity index (χ0v) is 17.2. The summed E-state index contributed by atoms with van der Waals surface area (Å²) in [6, 6.07) is 12.9. The van der Waals surface area contributed by atoms with Crippen molar-refractivity contribution in [1.29, 1.82) is 0 Å². The van der Waals surface area contributed by atoms with E-state index < -0.39 is 28.5 Å². The summed E-state index contributed by atoms with van der Waals surface area (Å²) in [5.41, 5.74) is 0.928. The monoisotopic (exact) mass is 436 g/mol. The molecule has 154 valence electrons. The van der Waals surface area contributed by atoms with Gasteiger partial charge < -0.3 is 10.1 Å². The van der Waals surface area contributed by atoms with Gasteiger partial charge in [-0.05, 0) is 42.7 Å². The second kappa shape index (κ2) is 9.39. The Morgan fingerprint density at radius 2 is 1.79 bits per heavy atom. The Morgan fingerprint density at radius 1 is 1.07 bits per heavy atom. The predicted molar refractivity (Wildman–Crippen MR) is 109 cm³/mol. The first kappa shape index (κ1) is 21.3. The quantitative estimate of drug-likeness (QED) is 0.673. The Balaban J connectivity index is 1.55. The van der Waals surface area contributed by atoms with Gasteiger partial charge in [0.25, 0.3) is 5.91 Å². The Bertz CT molecular complexity index is 1000. The van der Waals surface area contributed by atoms with E-state index in [1.807, 2.05) is 0 Å². The summed E-state index contributed by atoms with van der Waals surface area (Å²) in [5.74, 6) is -1.15. The smallest absolute Gasteiger partial charge is 0.310 e. The maximum Gasteiger partial charge on any atom is 0.310 e. The molecule has 29 heavy (non-hydrogen) atoms. The number of anilines is 1. The van der Waals surface area contributed by atoms with Crippen LogP contribution in [0.25, 0.3) is 0 Å². The van der Waals surface area contributed by atoms with Crippen LogP contribution in [0.3, 0.4) is 0 Å². The highest BCUT2D eigenvalue weighted by molar-refractivity contribution is 7.89. The fraction of sp³-hybridized carbons (Fsp3) is 0.300. The van der Waals surface area contributed by atoms with E-state index in [9.17, 15) is 18.0 Å². The summed E-state index contributed by atoms with van der Waals surface area (Å²) < 4.78 is 31.7. The van der Waals surface area contributed by atoms with Crippen LogP contribution in [0.4, 0.5) is 5.69 Å². The first-order chi connectivity index (χ1) is 13.9. The average molecular weight is 437 g/mol. The van der Waals surface area contributed by atoms with Gasteiger partial charge in [0.05, 0.1) is 11.3 Å². The molecule has 9 heteroatoms. The molecule has 7 nitrogen and oxygen atoms in total. The molecular weight excluding hydrogens is 416 g/mol. The number of carbonyl (C=O) groups excluding carboxylic acids is 2. The lowest BCUT2D eigenvalue weighted by Gasteiger charge is -2.16. The number of hydrogen-bond donors (Lipinski definition) is 1. The van der Waals surface area contributed by atoms with Crippen LogP contribution in [0.5, 0.6) is 0 Å². The summed E-state index contributed by atoms with van der Waals surface area (Å²) >= 11 is 6.00. The third kappa shape index (κ3) is 5.56. The van der Waals surface area contributed by atoms with Crippen molar-refractivity contribution in [3.63, 3.8) is 0 Å². The molecule has 1 heterocycles. The molecule has 0 bridgehead atoms. The molecule has 0 radical (unpaired) electrons. The van der Waals surface area contributed by atoms with Gasteiger partial charge in [-0.25, -0.2) is 8.42 Å². The zero-order valence-electron chi connectivity index (χ0n) is 15.6. The summed E-state index contributed by atoms with van der Waals surface area (Å²) in [4.78, 5) is 24.1. The van der Waals surface area contributed by atoms with Crippen molar-refractivity contribution in [2.45, 2.75) is 24.2 Å². The lowest BCUT2D eigenvalue weighted by atomic mass is 10.1. The number of halogens is 1. The van der Waals surface area contributed by atoms with E-state index in [2.05, 4.69) is 5.32 Å². The third-order valence-electron chi connectivity index (χ3n) is 4.48. The number of rotatable bonds is 7. The average Bonchev–Trinajstić information content (AvgIpc) is 3.24. The van der Waals surface area contributed by atoms with Crippen LogP contribution in [0.15, 0.2) is 53.4 Å². The number of hydrogen-bond acceptors (Lipinski definition) is 5. The topological polar surface area (TPSA) is 92.8 Å². The molecule has 0 spiro atoms. The van der Waals surface area contributed by atoms with E-state index in [1.165, 1.54) is 16.4 Å². The summed E-state index contributed by atoms with van der Waals surface area (Å²) in [6.45, 7) is 0.521. The van der Waals surface area contributed by atoms with Crippen molar-refractivity contribution in [3.8, 4) is 0 Å². The summed E-state index contributed by atoms with van der Waals surface area (Å²) in [6.07, 6.45) is 1.64. The molecule has 0 saturated carbocycles. The SMILES string of the molecule is O=C(COC(=O)Cc1ccccc1Cl)Nc1cccc(S(=O)(=O)N2CCCC2)c1. The molecule has 1 fully saturated rings. The van der Waals surface area contributed by atoms with Crippen molar-refractivity contribution >= 4 is 39.2 Å². The van der Waals surface area contributed by atoms with Crippen molar-refractivity contribution < 1.29 is 22.7 Å². The number of ether oxygens (including phenoxy) is 1. The predicted octanol–water partition coefficient (Wildman–Crippen LogP) is 2.85. The van der Waals surface area contributed by atoms with Crippen LogP contribution < -0.4 is 5.32 Å². The molecular formula is C20H21ClN2O5S. The Hall–Kier alpha value is -2.42. The van der Waals surface area contributed by atoms with Gasteiger partial charge >= 0.3 is 5.97 Å². The minimum atomic E-state index is -3.58. The lowest BCUT2D eigenvalue weighted by molar-refractivity contribution is -0.146. The number of amides is 1. The standard InChI is InChI=1S/C20H21ClN2O5S/c21-18-9-2-1-6-15(18)12-20(25)28-14-19(24)22-16-7-5-8-17(13-16)29(26,27)23-10-3-4-11-23/h1-2,5-9,13H,3-4,10-12,14H2,(H,22,24). The Kier molecular flexibility index (Phi) is 6.89. The molecule has 1 saturated heterocycles.